The zero-order valence-corrected chi connectivity index (χ0v) is 21.5. The van der Waals surface area contributed by atoms with Crippen molar-refractivity contribution in [1.29, 1.82) is 0 Å². The molecule has 7 heteroatoms. The highest BCUT2D eigenvalue weighted by molar-refractivity contribution is 6.42. The first kappa shape index (κ1) is 24.6. The van der Waals surface area contributed by atoms with Crippen molar-refractivity contribution in [3.05, 3.63) is 69.2 Å². The molecule has 2 fully saturated rings. The summed E-state index contributed by atoms with van der Waals surface area (Å²) in [5.41, 5.74) is 3.18. The molecule has 1 heterocycles. The molecule has 0 aromatic heterocycles. The van der Waals surface area contributed by atoms with E-state index in [4.69, 9.17) is 23.2 Å². The van der Waals surface area contributed by atoms with Crippen molar-refractivity contribution in [2.75, 3.05) is 26.2 Å². The number of hydrogen-bond acceptors (Lipinski definition) is 3. The number of hydrogen-bond donors (Lipinski definition) is 1. The van der Waals surface area contributed by atoms with Gasteiger partial charge in [-0.1, -0.05) is 60.3 Å². The number of fused-ring (bicyclic) bond motifs is 1. The van der Waals surface area contributed by atoms with Gasteiger partial charge < -0.3 is 10.2 Å². The third-order valence-corrected chi connectivity index (χ3v) is 8.70. The van der Waals surface area contributed by atoms with Crippen molar-refractivity contribution < 1.29 is 9.59 Å². The fraction of sp³-hybridized carbons (Fsp3) is 0.500. The Kier molecular flexibility index (Phi) is 7.66. The first-order valence-electron chi connectivity index (χ1n) is 12.9. The van der Waals surface area contributed by atoms with Crippen molar-refractivity contribution in [3.63, 3.8) is 0 Å². The summed E-state index contributed by atoms with van der Waals surface area (Å²) in [4.78, 5) is 31.0. The maximum atomic E-state index is 13.8. The van der Waals surface area contributed by atoms with E-state index < -0.39 is 0 Å². The average Bonchev–Trinajstić information content (AvgIpc) is 3.40. The van der Waals surface area contributed by atoms with E-state index in [0.717, 1.165) is 32.1 Å². The topological polar surface area (TPSA) is 52.7 Å². The zero-order valence-electron chi connectivity index (χ0n) is 20.0. The molecule has 35 heavy (non-hydrogen) atoms. The first-order chi connectivity index (χ1) is 17.0. The highest BCUT2D eigenvalue weighted by Crippen LogP contribution is 2.34. The Hall–Kier alpha value is -2.08. The Morgan fingerprint density at radius 1 is 0.886 bits per heavy atom. The van der Waals surface area contributed by atoms with Gasteiger partial charge in [0, 0.05) is 31.7 Å². The Bertz CT molecular complexity index is 1080. The minimum absolute atomic E-state index is 0.0381. The van der Waals surface area contributed by atoms with Crippen LogP contribution in [0.5, 0.6) is 0 Å². The molecule has 2 aliphatic carbocycles. The molecule has 3 aliphatic rings. The first-order valence-corrected chi connectivity index (χ1v) is 13.6. The fourth-order valence-electron chi connectivity index (χ4n) is 6.13. The second kappa shape index (κ2) is 10.9. The molecular weight excluding hydrogens is 481 g/mol. The van der Waals surface area contributed by atoms with Gasteiger partial charge >= 0.3 is 0 Å². The summed E-state index contributed by atoms with van der Waals surface area (Å²) in [5, 5.41) is 4.26. The van der Waals surface area contributed by atoms with Gasteiger partial charge in [-0.2, -0.15) is 0 Å². The minimum Gasteiger partial charge on any atom is -0.348 e. The lowest BCUT2D eigenvalue weighted by molar-refractivity contribution is -0.130. The summed E-state index contributed by atoms with van der Waals surface area (Å²) in [7, 11) is 0. The monoisotopic (exact) mass is 513 g/mol. The van der Waals surface area contributed by atoms with Crippen LogP contribution in [-0.4, -0.2) is 53.8 Å². The molecule has 186 valence electrons. The molecule has 2 unspecified atom stereocenters. The van der Waals surface area contributed by atoms with Crippen LogP contribution >= 0.6 is 23.2 Å². The zero-order chi connectivity index (χ0) is 24.4. The molecule has 1 saturated carbocycles. The van der Waals surface area contributed by atoms with Gasteiger partial charge in [-0.15, -0.1) is 0 Å². The van der Waals surface area contributed by atoms with Gasteiger partial charge in [-0.3, -0.25) is 14.5 Å². The Labute approximate surface area is 217 Å². The Morgan fingerprint density at radius 2 is 1.63 bits per heavy atom. The van der Waals surface area contributed by atoms with Crippen LogP contribution in [0.3, 0.4) is 0 Å². The highest BCUT2D eigenvalue weighted by atomic mass is 35.5. The lowest BCUT2D eigenvalue weighted by Crippen LogP contribution is -2.58. The van der Waals surface area contributed by atoms with Gasteiger partial charge in [0.05, 0.1) is 22.1 Å². The predicted molar refractivity (Wildman–Crippen MR) is 140 cm³/mol. The number of rotatable bonds is 5. The van der Waals surface area contributed by atoms with Crippen molar-refractivity contribution in [2.45, 2.75) is 57.0 Å². The summed E-state index contributed by atoms with van der Waals surface area (Å²) in [5.74, 6) is 0.498. The third-order valence-electron chi connectivity index (χ3n) is 7.96. The summed E-state index contributed by atoms with van der Waals surface area (Å²) >= 11 is 12.1. The van der Waals surface area contributed by atoms with E-state index in [1.54, 1.807) is 18.2 Å². The van der Waals surface area contributed by atoms with E-state index in [-0.39, 0.29) is 23.9 Å². The lowest BCUT2D eigenvalue weighted by atomic mass is 9.87. The summed E-state index contributed by atoms with van der Waals surface area (Å²) in [6.07, 6.45) is 7.76. The molecule has 1 aliphatic heterocycles. The molecule has 0 spiro atoms. The molecule has 2 atom stereocenters. The van der Waals surface area contributed by atoms with Crippen LogP contribution in [0.15, 0.2) is 42.5 Å². The summed E-state index contributed by atoms with van der Waals surface area (Å²) in [6, 6.07) is 13.5. The lowest BCUT2D eigenvalue weighted by Gasteiger charge is -2.41. The summed E-state index contributed by atoms with van der Waals surface area (Å²) in [6.45, 7) is 2.59. The van der Waals surface area contributed by atoms with Gasteiger partial charge in [0.15, 0.2) is 0 Å². The van der Waals surface area contributed by atoms with Crippen molar-refractivity contribution >= 4 is 35.0 Å². The number of carbonyl (C=O) groups excluding carboxylic acids is 2. The van der Waals surface area contributed by atoms with E-state index in [0.29, 0.717) is 47.7 Å². The van der Waals surface area contributed by atoms with Crippen molar-refractivity contribution in [1.82, 2.24) is 15.1 Å². The molecule has 1 N–H and O–H groups in total. The molecule has 5 rings (SSSR count). The number of halogens is 2. The molecule has 2 aromatic rings. The third kappa shape index (κ3) is 5.37. The van der Waals surface area contributed by atoms with Gasteiger partial charge in [0.1, 0.15) is 0 Å². The van der Waals surface area contributed by atoms with Crippen molar-refractivity contribution in [2.24, 2.45) is 5.92 Å². The number of carbonyl (C=O) groups is 2. The number of nitrogens with zero attached hydrogens (tertiary/aromatic N) is 2. The second-order valence-electron chi connectivity index (χ2n) is 10.1. The van der Waals surface area contributed by atoms with Gasteiger partial charge in [0.2, 0.25) is 5.91 Å². The maximum Gasteiger partial charge on any atom is 0.253 e. The summed E-state index contributed by atoms with van der Waals surface area (Å²) < 4.78 is 0. The number of benzene rings is 2. The van der Waals surface area contributed by atoms with Crippen LogP contribution in [0, 0.1) is 5.92 Å². The van der Waals surface area contributed by atoms with Crippen LogP contribution in [0.25, 0.3) is 0 Å². The quantitative estimate of drug-likeness (QED) is 0.573. The van der Waals surface area contributed by atoms with Crippen molar-refractivity contribution in [3.8, 4) is 0 Å². The van der Waals surface area contributed by atoms with E-state index in [2.05, 4.69) is 34.5 Å². The second-order valence-corrected chi connectivity index (χ2v) is 10.9. The fourth-order valence-corrected chi connectivity index (χ4v) is 6.43. The average molecular weight is 514 g/mol. The van der Waals surface area contributed by atoms with Crippen LogP contribution in [0.1, 0.15) is 66.1 Å². The predicted octanol–water partition coefficient (Wildman–Crippen LogP) is 5.50. The van der Waals surface area contributed by atoms with Crippen LogP contribution in [-0.2, 0) is 11.2 Å². The molecule has 0 radical (unpaired) electrons. The number of amides is 2. The standard InChI is InChI=1S/C28H33Cl2N3O2/c29-23-13-12-21(18-24(23)30)28(35)33-16-14-32(15-17-33)26(20-7-1-2-8-20)27(34)31-25-11-5-9-19-6-3-4-10-22(19)25/h3-4,6,10,12-13,18,20,25-26H,1-2,5,7-9,11,14-17H2,(H,31,34). The van der Waals surface area contributed by atoms with Crippen LogP contribution < -0.4 is 5.32 Å². The number of aryl methyl sites for hydroxylation is 1. The van der Waals surface area contributed by atoms with Gasteiger partial charge in [-0.25, -0.2) is 0 Å². The highest BCUT2D eigenvalue weighted by Gasteiger charge is 2.38. The molecule has 1 saturated heterocycles. The number of nitrogens with one attached hydrogen (secondary N) is 1. The molecule has 2 aromatic carbocycles. The maximum absolute atomic E-state index is 13.8. The van der Waals surface area contributed by atoms with Gasteiger partial charge in [-0.05, 0) is 67.3 Å². The molecular formula is C28H33Cl2N3O2. The Morgan fingerprint density at radius 3 is 2.37 bits per heavy atom. The van der Waals surface area contributed by atoms with E-state index in [1.165, 1.54) is 24.0 Å². The largest absolute Gasteiger partial charge is 0.348 e. The minimum atomic E-state index is -0.131. The van der Waals surface area contributed by atoms with Gasteiger partial charge in [0.25, 0.3) is 5.91 Å². The molecule has 5 nitrogen and oxygen atoms in total. The molecule has 2 amide bonds. The SMILES string of the molecule is O=C(NC1CCCc2ccccc21)C(C1CCCC1)N1CCN(C(=O)c2ccc(Cl)c(Cl)c2)CC1. The van der Waals surface area contributed by atoms with E-state index >= 15 is 0 Å². The van der Waals surface area contributed by atoms with E-state index in [9.17, 15) is 9.59 Å². The van der Waals surface area contributed by atoms with Crippen LogP contribution in [0.4, 0.5) is 0 Å². The smallest absolute Gasteiger partial charge is 0.253 e. The Balaban J connectivity index is 1.27. The normalized spacial score (nSPS) is 22.0. The van der Waals surface area contributed by atoms with E-state index in [1.807, 2.05) is 4.90 Å². The van der Waals surface area contributed by atoms with Crippen LogP contribution in [0.2, 0.25) is 10.0 Å². The molecule has 0 bridgehead atoms. The number of piperazine rings is 1.